The average Bonchev–Trinajstić information content (AvgIpc) is 2.52. The van der Waals surface area contributed by atoms with Crippen molar-refractivity contribution in [2.75, 3.05) is 13.7 Å². The van der Waals surface area contributed by atoms with Crippen LogP contribution in [-0.4, -0.2) is 18.7 Å². The highest BCUT2D eigenvalue weighted by Crippen LogP contribution is 2.30. The van der Waals surface area contributed by atoms with Gasteiger partial charge in [-0.3, -0.25) is 4.98 Å². The largest absolute Gasteiger partial charge is 0.496 e. The van der Waals surface area contributed by atoms with Crippen LogP contribution in [-0.2, 0) is 0 Å². The van der Waals surface area contributed by atoms with Crippen molar-refractivity contribution in [2.24, 2.45) is 5.73 Å². The lowest BCUT2D eigenvalue weighted by molar-refractivity contribution is 0.315. The lowest BCUT2D eigenvalue weighted by atomic mass is 9.98. The molecule has 0 bridgehead atoms. The lowest BCUT2D eigenvalue weighted by Crippen LogP contribution is -2.14. The molecule has 2 rings (SSSR count). The zero-order chi connectivity index (χ0) is 15.2. The molecule has 0 saturated carbocycles. The summed E-state index contributed by atoms with van der Waals surface area (Å²) in [6, 6.07) is 7.64. The van der Waals surface area contributed by atoms with Gasteiger partial charge in [0.2, 0.25) is 0 Å². The zero-order valence-electron chi connectivity index (χ0n) is 12.8. The van der Waals surface area contributed by atoms with Crippen molar-refractivity contribution in [3.8, 4) is 11.5 Å². The van der Waals surface area contributed by atoms with E-state index in [1.54, 1.807) is 19.5 Å². The van der Waals surface area contributed by atoms with E-state index in [2.05, 4.69) is 11.9 Å². The highest BCUT2D eigenvalue weighted by Gasteiger charge is 2.15. The highest BCUT2D eigenvalue weighted by molar-refractivity contribution is 5.44. The second-order valence-corrected chi connectivity index (χ2v) is 5.03. The Kier molecular flexibility index (Phi) is 5.17. The number of nitrogens with zero attached hydrogens (tertiary/aromatic N) is 1. The molecule has 4 nitrogen and oxygen atoms in total. The Morgan fingerprint density at radius 2 is 2.05 bits per heavy atom. The van der Waals surface area contributed by atoms with Crippen LogP contribution in [0.15, 0.2) is 36.7 Å². The second-order valence-electron chi connectivity index (χ2n) is 5.03. The molecule has 1 heterocycles. The van der Waals surface area contributed by atoms with E-state index in [-0.39, 0.29) is 6.04 Å². The number of ether oxygens (including phenoxy) is 2. The smallest absolute Gasteiger partial charge is 0.137 e. The van der Waals surface area contributed by atoms with Crippen LogP contribution in [0.5, 0.6) is 11.5 Å². The number of rotatable bonds is 6. The predicted molar refractivity (Wildman–Crippen MR) is 83.8 cm³/mol. The summed E-state index contributed by atoms with van der Waals surface area (Å²) in [5, 5.41) is 0. The van der Waals surface area contributed by atoms with Gasteiger partial charge in [0.05, 0.1) is 26.0 Å². The molecule has 1 atom stereocenters. The molecular formula is C17H22N2O2. The van der Waals surface area contributed by atoms with Crippen molar-refractivity contribution in [3.63, 3.8) is 0 Å². The van der Waals surface area contributed by atoms with E-state index in [0.29, 0.717) is 6.61 Å². The quantitative estimate of drug-likeness (QED) is 0.885. The summed E-state index contributed by atoms with van der Waals surface area (Å²) in [6.07, 6.45) is 4.44. The van der Waals surface area contributed by atoms with E-state index in [1.807, 2.05) is 31.2 Å². The topological polar surface area (TPSA) is 57.4 Å². The average molecular weight is 286 g/mol. The molecule has 0 aliphatic heterocycles. The third-order valence-corrected chi connectivity index (χ3v) is 3.29. The molecule has 0 spiro atoms. The molecule has 2 N–H and O–H groups in total. The van der Waals surface area contributed by atoms with Crippen molar-refractivity contribution in [1.29, 1.82) is 0 Å². The Morgan fingerprint density at radius 1 is 1.24 bits per heavy atom. The van der Waals surface area contributed by atoms with E-state index in [9.17, 15) is 0 Å². The number of aryl methyl sites for hydroxylation is 1. The highest BCUT2D eigenvalue weighted by atomic mass is 16.5. The maximum Gasteiger partial charge on any atom is 0.137 e. The summed E-state index contributed by atoms with van der Waals surface area (Å²) in [7, 11) is 1.65. The lowest BCUT2D eigenvalue weighted by Gasteiger charge is -2.17. The van der Waals surface area contributed by atoms with Gasteiger partial charge in [-0.05, 0) is 31.0 Å². The van der Waals surface area contributed by atoms with Gasteiger partial charge in [0.25, 0.3) is 0 Å². The molecule has 0 radical (unpaired) electrons. The third kappa shape index (κ3) is 3.73. The Bertz CT molecular complexity index is 599. The van der Waals surface area contributed by atoms with Gasteiger partial charge in [0, 0.05) is 11.8 Å². The number of hydrogen-bond donors (Lipinski definition) is 1. The van der Waals surface area contributed by atoms with Crippen molar-refractivity contribution < 1.29 is 9.47 Å². The molecule has 112 valence electrons. The third-order valence-electron chi connectivity index (χ3n) is 3.29. The molecule has 0 saturated heterocycles. The number of nitrogens with two attached hydrogens (primary N) is 1. The Labute approximate surface area is 125 Å². The number of pyridine rings is 1. The fraction of sp³-hybridized carbons (Fsp3) is 0.353. The number of aromatic nitrogens is 1. The van der Waals surface area contributed by atoms with Gasteiger partial charge in [-0.25, -0.2) is 0 Å². The van der Waals surface area contributed by atoms with E-state index < -0.39 is 0 Å². The van der Waals surface area contributed by atoms with Crippen molar-refractivity contribution in [2.45, 2.75) is 26.3 Å². The van der Waals surface area contributed by atoms with Crippen LogP contribution in [0.25, 0.3) is 0 Å². The Balaban J connectivity index is 2.31. The maximum atomic E-state index is 6.38. The van der Waals surface area contributed by atoms with Crippen LogP contribution in [0.1, 0.15) is 36.1 Å². The van der Waals surface area contributed by atoms with E-state index in [0.717, 1.165) is 34.6 Å². The van der Waals surface area contributed by atoms with Gasteiger partial charge in [0.1, 0.15) is 11.5 Å². The minimum absolute atomic E-state index is 0.294. The Hall–Kier alpha value is -2.07. The number of hydrogen-bond acceptors (Lipinski definition) is 4. The van der Waals surface area contributed by atoms with Crippen LogP contribution in [0.2, 0.25) is 0 Å². The first-order chi connectivity index (χ1) is 10.2. The molecule has 2 aromatic rings. The first kappa shape index (κ1) is 15.3. The normalized spacial score (nSPS) is 12.0. The zero-order valence-corrected chi connectivity index (χ0v) is 12.8. The fourth-order valence-corrected chi connectivity index (χ4v) is 2.18. The van der Waals surface area contributed by atoms with Gasteiger partial charge in [-0.1, -0.05) is 24.6 Å². The summed E-state index contributed by atoms with van der Waals surface area (Å²) in [6.45, 7) is 4.78. The monoisotopic (exact) mass is 286 g/mol. The minimum atomic E-state index is -0.294. The van der Waals surface area contributed by atoms with E-state index in [1.165, 1.54) is 0 Å². The minimum Gasteiger partial charge on any atom is -0.496 e. The van der Waals surface area contributed by atoms with Gasteiger partial charge in [-0.2, -0.15) is 0 Å². The van der Waals surface area contributed by atoms with Crippen LogP contribution in [0, 0.1) is 6.92 Å². The van der Waals surface area contributed by atoms with E-state index in [4.69, 9.17) is 15.2 Å². The number of methoxy groups -OCH3 is 1. The van der Waals surface area contributed by atoms with Crippen LogP contribution >= 0.6 is 0 Å². The van der Waals surface area contributed by atoms with Crippen LogP contribution < -0.4 is 15.2 Å². The fourth-order valence-electron chi connectivity index (χ4n) is 2.18. The number of benzene rings is 1. The molecule has 21 heavy (non-hydrogen) atoms. The van der Waals surface area contributed by atoms with Crippen LogP contribution in [0.4, 0.5) is 0 Å². The van der Waals surface area contributed by atoms with Gasteiger partial charge >= 0.3 is 0 Å². The van der Waals surface area contributed by atoms with Gasteiger partial charge in [0.15, 0.2) is 0 Å². The van der Waals surface area contributed by atoms with Crippen LogP contribution in [0.3, 0.4) is 0 Å². The van der Waals surface area contributed by atoms with Crippen molar-refractivity contribution >= 4 is 0 Å². The standard InChI is InChI=1S/C17H22N2O2/c1-4-7-21-14-9-13(10-19-11-14)17(18)15-8-12(2)5-6-16(15)20-3/h5-6,8-11,17H,4,7,18H2,1-3H3. The summed E-state index contributed by atoms with van der Waals surface area (Å²) < 4.78 is 11.0. The molecule has 4 heteroatoms. The summed E-state index contributed by atoms with van der Waals surface area (Å²) >= 11 is 0. The molecule has 0 amide bonds. The first-order valence-electron chi connectivity index (χ1n) is 7.13. The summed E-state index contributed by atoms with van der Waals surface area (Å²) in [5.74, 6) is 1.53. The molecule has 0 aliphatic rings. The summed E-state index contributed by atoms with van der Waals surface area (Å²) in [4.78, 5) is 4.22. The Morgan fingerprint density at radius 3 is 2.76 bits per heavy atom. The SMILES string of the molecule is CCCOc1cncc(C(N)c2cc(C)ccc2OC)c1. The molecular weight excluding hydrogens is 264 g/mol. The molecule has 1 aromatic heterocycles. The summed E-state index contributed by atoms with van der Waals surface area (Å²) in [5.41, 5.74) is 9.39. The van der Waals surface area contributed by atoms with Crippen molar-refractivity contribution in [3.05, 3.63) is 53.3 Å². The van der Waals surface area contributed by atoms with Gasteiger partial charge < -0.3 is 15.2 Å². The molecule has 0 fully saturated rings. The van der Waals surface area contributed by atoms with E-state index >= 15 is 0 Å². The molecule has 1 aromatic carbocycles. The first-order valence-corrected chi connectivity index (χ1v) is 7.13. The second kappa shape index (κ2) is 7.09. The predicted octanol–water partition coefficient (Wildman–Crippen LogP) is 3.24. The molecule has 0 aliphatic carbocycles. The molecule has 1 unspecified atom stereocenters. The van der Waals surface area contributed by atoms with Gasteiger partial charge in [-0.15, -0.1) is 0 Å². The maximum absolute atomic E-state index is 6.38. The van der Waals surface area contributed by atoms with Crippen molar-refractivity contribution in [1.82, 2.24) is 4.98 Å².